The molecule has 0 saturated heterocycles. The van der Waals surface area contributed by atoms with Crippen molar-refractivity contribution in [2.24, 2.45) is 11.8 Å². The third-order valence-electron chi connectivity index (χ3n) is 4.83. The molecule has 0 heterocycles. The molecule has 2 atom stereocenters. The molecule has 2 N–H and O–H groups in total. The van der Waals surface area contributed by atoms with Crippen LogP contribution in [0.3, 0.4) is 0 Å². The van der Waals surface area contributed by atoms with Gasteiger partial charge in [-0.15, -0.1) is 0 Å². The molecule has 0 aromatic carbocycles. The van der Waals surface area contributed by atoms with E-state index in [1.807, 2.05) is 0 Å². The topological polar surface area (TPSA) is 24.1 Å². The summed E-state index contributed by atoms with van der Waals surface area (Å²) in [6.45, 7) is 4.67. The van der Waals surface area contributed by atoms with Crippen LogP contribution in [0.2, 0.25) is 0 Å². The van der Waals surface area contributed by atoms with Crippen molar-refractivity contribution in [3.63, 3.8) is 0 Å². The molecule has 1 aliphatic rings. The van der Waals surface area contributed by atoms with E-state index in [-0.39, 0.29) is 0 Å². The third-order valence-corrected chi connectivity index (χ3v) is 4.83. The Balaban J connectivity index is 2.30. The van der Waals surface area contributed by atoms with Crippen molar-refractivity contribution in [1.29, 1.82) is 0 Å². The minimum atomic E-state index is 0.678. The van der Waals surface area contributed by atoms with Crippen LogP contribution in [0.15, 0.2) is 0 Å². The highest BCUT2D eigenvalue weighted by molar-refractivity contribution is 4.80. The van der Waals surface area contributed by atoms with Crippen LogP contribution >= 0.6 is 0 Å². The quantitative estimate of drug-likeness (QED) is 0.714. The first-order chi connectivity index (χ1) is 8.21. The highest BCUT2D eigenvalue weighted by Crippen LogP contribution is 2.34. The van der Waals surface area contributed by atoms with E-state index >= 15 is 0 Å². The van der Waals surface area contributed by atoms with Crippen molar-refractivity contribution in [3.05, 3.63) is 0 Å². The summed E-state index contributed by atoms with van der Waals surface area (Å²) in [4.78, 5) is 0. The van der Waals surface area contributed by atoms with Crippen LogP contribution in [0, 0.1) is 11.8 Å². The molecule has 2 nitrogen and oxygen atoms in total. The van der Waals surface area contributed by atoms with Gasteiger partial charge in [0.15, 0.2) is 0 Å². The zero-order valence-corrected chi connectivity index (χ0v) is 12.3. The molecule has 0 amide bonds. The van der Waals surface area contributed by atoms with Gasteiger partial charge in [0.05, 0.1) is 0 Å². The molecule has 102 valence electrons. The highest BCUT2D eigenvalue weighted by Gasteiger charge is 2.25. The summed E-state index contributed by atoms with van der Waals surface area (Å²) < 4.78 is 0. The maximum Gasteiger partial charge on any atom is 0.00642 e. The summed E-state index contributed by atoms with van der Waals surface area (Å²) in [5.74, 6) is 1.96. The first-order valence-corrected chi connectivity index (χ1v) is 7.55. The van der Waals surface area contributed by atoms with Crippen molar-refractivity contribution in [1.82, 2.24) is 10.6 Å². The lowest BCUT2D eigenvalue weighted by molar-refractivity contribution is 0.201. The maximum atomic E-state index is 3.43. The summed E-state index contributed by atoms with van der Waals surface area (Å²) in [6.07, 6.45) is 9.77. The Bertz CT molecular complexity index is 185. The van der Waals surface area contributed by atoms with Gasteiger partial charge in [0.25, 0.3) is 0 Å². The minimum Gasteiger partial charge on any atom is -0.317 e. The molecule has 2 unspecified atom stereocenters. The van der Waals surface area contributed by atoms with Crippen LogP contribution in [0.4, 0.5) is 0 Å². The fourth-order valence-corrected chi connectivity index (χ4v) is 3.26. The molecule has 0 radical (unpaired) electrons. The lowest BCUT2D eigenvalue weighted by Crippen LogP contribution is -2.32. The Morgan fingerprint density at radius 2 is 1.71 bits per heavy atom. The van der Waals surface area contributed by atoms with E-state index in [9.17, 15) is 0 Å². The van der Waals surface area contributed by atoms with E-state index in [1.165, 1.54) is 44.9 Å². The molecular weight excluding hydrogens is 208 g/mol. The summed E-state index contributed by atoms with van der Waals surface area (Å²) in [5.41, 5.74) is 0. The second-order valence-corrected chi connectivity index (χ2v) is 5.84. The van der Waals surface area contributed by atoms with Crippen molar-refractivity contribution in [2.75, 3.05) is 14.1 Å². The van der Waals surface area contributed by atoms with Gasteiger partial charge in [-0.3, -0.25) is 0 Å². The van der Waals surface area contributed by atoms with Gasteiger partial charge in [0, 0.05) is 12.1 Å². The summed E-state index contributed by atoms with van der Waals surface area (Å²) >= 11 is 0. The number of hydrogen-bond donors (Lipinski definition) is 2. The summed E-state index contributed by atoms with van der Waals surface area (Å²) in [7, 11) is 4.18. The average molecular weight is 240 g/mol. The van der Waals surface area contributed by atoms with E-state index in [4.69, 9.17) is 0 Å². The molecule has 1 aliphatic carbocycles. The van der Waals surface area contributed by atoms with E-state index in [0.717, 1.165) is 17.9 Å². The Labute approximate surface area is 108 Å². The number of rotatable bonds is 7. The molecule has 0 spiro atoms. The van der Waals surface area contributed by atoms with Crippen molar-refractivity contribution < 1.29 is 0 Å². The smallest absolute Gasteiger partial charge is 0.00642 e. The van der Waals surface area contributed by atoms with Gasteiger partial charge in [-0.1, -0.05) is 13.3 Å². The zero-order chi connectivity index (χ0) is 12.7. The summed E-state index contributed by atoms with van der Waals surface area (Å²) in [5, 5.41) is 6.78. The van der Waals surface area contributed by atoms with Gasteiger partial charge < -0.3 is 10.6 Å². The van der Waals surface area contributed by atoms with Gasteiger partial charge in [-0.25, -0.2) is 0 Å². The molecule has 2 heteroatoms. The monoisotopic (exact) mass is 240 g/mol. The molecule has 17 heavy (non-hydrogen) atoms. The second kappa shape index (κ2) is 8.10. The minimum absolute atomic E-state index is 0.678. The largest absolute Gasteiger partial charge is 0.317 e. The SMILES string of the molecule is CCC(CCC(C)NC)C1CCC(NC)CC1. The molecule has 0 bridgehead atoms. The van der Waals surface area contributed by atoms with Crippen LogP contribution in [-0.4, -0.2) is 26.2 Å². The molecular formula is C15H32N2. The molecule has 0 aromatic rings. The number of nitrogens with one attached hydrogen (secondary N) is 2. The van der Waals surface area contributed by atoms with Gasteiger partial charge in [0.2, 0.25) is 0 Å². The average Bonchev–Trinajstić information content (AvgIpc) is 2.39. The van der Waals surface area contributed by atoms with Crippen LogP contribution in [0.1, 0.15) is 58.8 Å². The lowest BCUT2D eigenvalue weighted by Gasteiger charge is -2.34. The summed E-state index contributed by atoms with van der Waals surface area (Å²) in [6, 6.07) is 1.47. The fourth-order valence-electron chi connectivity index (χ4n) is 3.26. The second-order valence-electron chi connectivity index (χ2n) is 5.84. The van der Waals surface area contributed by atoms with Crippen molar-refractivity contribution in [3.8, 4) is 0 Å². The normalized spacial score (nSPS) is 28.9. The molecule has 1 saturated carbocycles. The number of hydrogen-bond acceptors (Lipinski definition) is 2. The van der Waals surface area contributed by atoms with Crippen LogP contribution < -0.4 is 10.6 Å². The predicted molar refractivity (Wildman–Crippen MR) is 76.3 cm³/mol. The molecule has 0 aromatic heterocycles. The maximum absolute atomic E-state index is 3.43. The van der Waals surface area contributed by atoms with Gasteiger partial charge in [-0.2, -0.15) is 0 Å². The van der Waals surface area contributed by atoms with E-state index in [0.29, 0.717) is 6.04 Å². The van der Waals surface area contributed by atoms with E-state index < -0.39 is 0 Å². The third kappa shape index (κ3) is 4.97. The van der Waals surface area contributed by atoms with Crippen molar-refractivity contribution >= 4 is 0 Å². The Morgan fingerprint density at radius 1 is 1.06 bits per heavy atom. The first-order valence-electron chi connectivity index (χ1n) is 7.55. The molecule has 1 rings (SSSR count). The van der Waals surface area contributed by atoms with Crippen LogP contribution in [-0.2, 0) is 0 Å². The Kier molecular flexibility index (Phi) is 7.14. The first kappa shape index (κ1) is 15.0. The predicted octanol–water partition coefficient (Wildman–Crippen LogP) is 3.18. The zero-order valence-electron chi connectivity index (χ0n) is 12.3. The van der Waals surface area contributed by atoms with Crippen molar-refractivity contribution in [2.45, 2.75) is 70.9 Å². The van der Waals surface area contributed by atoms with E-state index in [1.54, 1.807) is 0 Å². The fraction of sp³-hybridized carbons (Fsp3) is 1.00. The standard InChI is InChI=1S/C15H32N2/c1-5-13(7-6-12(2)16-3)14-8-10-15(17-4)11-9-14/h12-17H,5-11H2,1-4H3. The van der Waals surface area contributed by atoms with Gasteiger partial charge in [0.1, 0.15) is 0 Å². The highest BCUT2D eigenvalue weighted by atomic mass is 14.9. The molecule has 1 fully saturated rings. The van der Waals surface area contributed by atoms with Crippen LogP contribution in [0.5, 0.6) is 0 Å². The van der Waals surface area contributed by atoms with E-state index in [2.05, 4.69) is 38.6 Å². The van der Waals surface area contributed by atoms with Gasteiger partial charge >= 0.3 is 0 Å². The van der Waals surface area contributed by atoms with Gasteiger partial charge in [-0.05, 0) is 71.4 Å². The molecule has 0 aliphatic heterocycles. The lowest BCUT2D eigenvalue weighted by atomic mass is 9.75. The Morgan fingerprint density at radius 3 is 2.18 bits per heavy atom. The van der Waals surface area contributed by atoms with Crippen LogP contribution in [0.25, 0.3) is 0 Å². The Hall–Kier alpha value is -0.0800.